The van der Waals surface area contributed by atoms with Crippen molar-refractivity contribution < 1.29 is 0 Å². The molecule has 0 saturated carbocycles. The van der Waals surface area contributed by atoms with Crippen molar-refractivity contribution in [3.8, 4) is 6.07 Å². The standard InChI is InChI=1S/C17H14N2/c1-17(2,11-18)16-14-9-4-3-7-12(14)13-8-5-6-10-15(13)19-16/h3-10H,1-2H3. The number of nitriles is 1. The number of pyridine rings is 1. The van der Waals surface area contributed by atoms with Crippen LogP contribution in [0.15, 0.2) is 48.5 Å². The van der Waals surface area contributed by atoms with Crippen LogP contribution in [0, 0.1) is 11.3 Å². The van der Waals surface area contributed by atoms with Crippen molar-refractivity contribution in [1.29, 1.82) is 5.26 Å². The van der Waals surface area contributed by atoms with E-state index < -0.39 is 5.41 Å². The Labute approximate surface area is 112 Å². The molecule has 1 heterocycles. The Hall–Kier alpha value is -2.40. The average molecular weight is 246 g/mol. The summed E-state index contributed by atoms with van der Waals surface area (Å²) < 4.78 is 0. The molecule has 0 aliphatic carbocycles. The maximum Gasteiger partial charge on any atom is 0.0943 e. The monoisotopic (exact) mass is 246 g/mol. The molecule has 19 heavy (non-hydrogen) atoms. The molecular formula is C17H14N2. The number of nitrogens with zero attached hydrogens (tertiary/aromatic N) is 2. The van der Waals surface area contributed by atoms with Crippen molar-refractivity contribution in [2.24, 2.45) is 0 Å². The van der Waals surface area contributed by atoms with Crippen molar-refractivity contribution in [3.05, 3.63) is 54.2 Å². The Kier molecular flexibility index (Phi) is 2.50. The van der Waals surface area contributed by atoms with Crippen LogP contribution in [0.4, 0.5) is 0 Å². The van der Waals surface area contributed by atoms with Gasteiger partial charge in [0.05, 0.1) is 22.7 Å². The minimum atomic E-state index is -0.594. The highest BCUT2D eigenvalue weighted by Crippen LogP contribution is 2.32. The van der Waals surface area contributed by atoms with E-state index in [1.54, 1.807) is 0 Å². The fourth-order valence-corrected chi connectivity index (χ4v) is 2.43. The summed E-state index contributed by atoms with van der Waals surface area (Å²) >= 11 is 0. The second kappa shape index (κ2) is 4.07. The van der Waals surface area contributed by atoms with Crippen molar-refractivity contribution in [2.75, 3.05) is 0 Å². The molecule has 2 heteroatoms. The minimum Gasteiger partial charge on any atom is -0.250 e. The Balaban J connectivity index is 2.54. The summed E-state index contributed by atoms with van der Waals surface area (Å²) in [5.41, 5.74) is 1.20. The van der Waals surface area contributed by atoms with E-state index in [0.29, 0.717) is 0 Å². The van der Waals surface area contributed by atoms with Gasteiger partial charge in [-0.2, -0.15) is 5.26 Å². The van der Waals surface area contributed by atoms with Gasteiger partial charge in [0.25, 0.3) is 0 Å². The molecule has 3 aromatic rings. The number of aromatic nitrogens is 1. The highest BCUT2D eigenvalue weighted by atomic mass is 14.7. The largest absolute Gasteiger partial charge is 0.250 e. The second-order valence-electron chi connectivity index (χ2n) is 5.26. The first kappa shape index (κ1) is 11.7. The normalized spacial score (nSPS) is 11.6. The van der Waals surface area contributed by atoms with Gasteiger partial charge in [-0.15, -0.1) is 0 Å². The van der Waals surface area contributed by atoms with Gasteiger partial charge in [0.2, 0.25) is 0 Å². The number of hydrogen-bond donors (Lipinski definition) is 0. The molecule has 2 aromatic carbocycles. The second-order valence-corrected chi connectivity index (χ2v) is 5.26. The van der Waals surface area contributed by atoms with Crippen LogP contribution in [-0.4, -0.2) is 4.98 Å². The zero-order valence-electron chi connectivity index (χ0n) is 11.0. The van der Waals surface area contributed by atoms with Gasteiger partial charge in [0.15, 0.2) is 0 Å². The first-order valence-electron chi connectivity index (χ1n) is 6.33. The van der Waals surface area contributed by atoms with Crippen molar-refractivity contribution in [3.63, 3.8) is 0 Å². The first-order chi connectivity index (χ1) is 9.13. The lowest BCUT2D eigenvalue weighted by atomic mass is 9.86. The number of benzene rings is 2. The number of para-hydroxylation sites is 1. The zero-order valence-corrected chi connectivity index (χ0v) is 11.0. The molecule has 1 aromatic heterocycles. The molecule has 0 aliphatic heterocycles. The average Bonchev–Trinajstić information content (AvgIpc) is 2.46. The Bertz CT molecular complexity index is 810. The number of rotatable bonds is 1. The van der Waals surface area contributed by atoms with Crippen molar-refractivity contribution in [1.82, 2.24) is 4.98 Å². The van der Waals surface area contributed by atoms with Crippen LogP contribution < -0.4 is 0 Å². The molecule has 0 amide bonds. The first-order valence-corrected chi connectivity index (χ1v) is 6.33. The molecule has 0 radical (unpaired) electrons. The molecule has 0 bridgehead atoms. The van der Waals surface area contributed by atoms with Gasteiger partial charge in [0, 0.05) is 10.8 Å². The lowest BCUT2D eigenvalue weighted by molar-refractivity contribution is 0.671. The number of hydrogen-bond acceptors (Lipinski definition) is 2. The van der Waals surface area contributed by atoms with E-state index in [9.17, 15) is 5.26 Å². The Morgan fingerprint density at radius 2 is 1.47 bits per heavy atom. The van der Waals surface area contributed by atoms with Gasteiger partial charge < -0.3 is 0 Å². The molecular weight excluding hydrogens is 232 g/mol. The summed E-state index contributed by atoms with van der Waals surface area (Å²) in [4.78, 5) is 4.72. The SMILES string of the molecule is CC(C)(C#N)c1nc2ccccc2c2ccccc12. The molecule has 92 valence electrons. The zero-order chi connectivity index (χ0) is 13.5. The van der Waals surface area contributed by atoms with Gasteiger partial charge in [-0.05, 0) is 25.3 Å². The van der Waals surface area contributed by atoms with Gasteiger partial charge in [-0.1, -0.05) is 42.5 Å². The Morgan fingerprint density at radius 1 is 0.895 bits per heavy atom. The van der Waals surface area contributed by atoms with Gasteiger partial charge in [0.1, 0.15) is 0 Å². The van der Waals surface area contributed by atoms with Gasteiger partial charge >= 0.3 is 0 Å². The highest BCUT2D eigenvalue weighted by molar-refractivity contribution is 6.06. The smallest absolute Gasteiger partial charge is 0.0943 e. The molecule has 0 unspecified atom stereocenters. The molecule has 3 rings (SSSR count). The molecule has 0 aliphatic rings. The lowest BCUT2D eigenvalue weighted by Crippen LogP contribution is -2.16. The maximum absolute atomic E-state index is 9.39. The Morgan fingerprint density at radius 3 is 2.16 bits per heavy atom. The van der Waals surface area contributed by atoms with E-state index in [4.69, 9.17) is 4.98 Å². The summed E-state index contributed by atoms with van der Waals surface area (Å²) in [5, 5.41) is 12.7. The third kappa shape index (κ3) is 1.75. The predicted octanol–water partition coefficient (Wildman–Crippen LogP) is 4.19. The molecule has 0 atom stereocenters. The minimum absolute atomic E-state index is 0.594. The quantitative estimate of drug-likeness (QED) is 0.604. The van der Waals surface area contributed by atoms with E-state index in [-0.39, 0.29) is 0 Å². The highest BCUT2D eigenvalue weighted by Gasteiger charge is 2.24. The van der Waals surface area contributed by atoms with E-state index in [1.165, 1.54) is 0 Å². The third-order valence-electron chi connectivity index (χ3n) is 3.48. The van der Waals surface area contributed by atoms with Crippen LogP contribution in [0.1, 0.15) is 19.5 Å². The molecule has 0 N–H and O–H groups in total. The van der Waals surface area contributed by atoms with E-state index in [1.807, 2.05) is 50.2 Å². The summed E-state index contributed by atoms with van der Waals surface area (Å²) in [6.45, 7) is 3.83. The summed E-state index contributed by atoms with van der Waals surface area (Å²) in [5.74, 6) is 0. The van der Waals surface area contributed by atoms with Crippen LogP contribution in [0.5, 0.6) is 0 Å². The van der Waals surface area contributed by atoms with Crippen molar-refractivity contribution >= 4 is 21.7 Å². The maximum atomic E-state index is 9.39. The fraction of sp³-hybridized carbons (Fsp3) is 0.176. The molecule has 2 nitrogen and oxygen atoms in total. The van der Waals surface area contributed by atoms with E-state index in [2.05, 4.69) is 18.2 Å². The van der Waals surface area contributed by atoms with E-state index >= 15 is 0 Å². The summed E-state index contributed by atoms with van der Waals surface area (Å²) in [6.07, 6.45) is 0. The van der Waals surface area contributed by atoms with Crippen LogP contribution in [-0.2, 0) is 5.41 Å². The van der Waals surface area contributed by atoms with Crippen molar-refractivity contribution in [2.45, 2.75) is 19.3 Å². The van der Waals surface area contributed by atoms with Crippen LogP contribution in [0.25, 0.3) is 21.7 Å². The third-order valence-corrected chi connectivity index (χ3v) is 3.48. The molecule has 0 saturated heterocycles. The predicted molar refractivity (Wildman–Crippen MR) is 77.9 cm³/mol. The molecule has 0 spiro atoms. The van der Waals surface area contributed by atoms with Crippen LogP contribution in [0.2, 0.25) is 0 Å². The summed E-state index contributed by atoms with van der Waals surface area (Å²) in [7, 11) is 0. The molecule has 0 fully saturated rings. The summed E-state index contributed by atoms with van der Waals surface area (Å²) in [6, 6.07) is 18.6. The van der Waals surface area contributed by atoms with Crippen LogP contribution in [0.3, 0.4) is 0 Å². The topological polar surface area (TPSA) is 36.7 Å². The number of fused-ring (bicyclic) bond motifs is 3. The fourth-order valence-electron chi connectivity index (χ4n) is 2.43. The lowest BCUT2D eigenvalue weighted by Gasteiger charge is -2.18. The van der Waals surface area contributed by atoms with Gasteiger partial charge in [-0.3, -0.25) is 4.98 Å². The van der Waals surface area contributed by atoms with Crippen LogP contribution >= 0.6 is 0 Å². The van der Waals surface area contributed by atoms with E-state index in [0.717, 1.165) is 27.4 Å². The van der Waals surface area contributed by atoms with Gasteiger partial charge in [-0.25, -0.2) is 0 Å².